The van der Waals surface area contributed by atoms with Crippen molar-refractivity contribution in [3.8, 4) is 33.8 Å². The van der Waals surface area contributed by atoms with E-state index >= 15 is 0 Å². The molecule has 2 aliphatic carbocycles. The fourth-order valence-electron chi connectivity index (χ4n) is 11.6. The summed E-state index contributed by atoms with van der Waals surface area (Å²) in [6.07, 6.45) is 9.90. The largest absolute Gasteiger partial charge is 0.457 e. The van der Waals surface area contributed by atoms with E-state index in [-0.39, 0.29) is 10.8 Å². The molecule has 5 heterocycles. The molecule has 6 aromatic carbocycles. The van der Waals surface area contributed by atoms with E-state index in [1.54, 1.807) is 22.7 Å². The molecule has 302 valence electrons. The molecular formula is C54H48N4OS2. The molecule has 2 saturated carbocycles. The molecule has 4 aromatic heterocycles. The number of benzene rings is 6. The van der Waals surface area contributed by atoms with Crippen LogP contribution < -0.4 is 4.74 Å². The maximum Gasteiger partial charge on any atom is 0.195 e. The van der Waals surface area contributed by atoms with Crippen LogP contribution in [0.2, 0.25) is 0 Å². The molecule has 0 saturated heterocycles. The summed E-state index contributed by atoms with van der Waals surface area (Å²) < 4.78 is 14.7. The number of para-hydroxylation sites is 4. The van der Waals surface area contributed by atoms with Crippen LogP contribution in [-0.4, -0.2) is 18.8 Å². The summed E-state index contributed by atoms with van der Waals surface area (Å²) in [4.78, 5) is 12.9. The second-order valence-corrected chi connectivity index (χ2v) is 21.2. The van der Waals surface area contributed by atoms with Gasteiger partial charge in [-0.3, -0.25) is 8.80 Å². The molecule has 2 fully saturated rings. The predicted molar refractivity (Wildman–Crippen MR) is 256 cm³/mol. The number of thiazole rings is 2. The molecule has 61 heavy (non-hydrogen) atoms. The lowest BCUT2D eigenvalue weighted by Gasteiger charge is -2.42. The van der Waals surface area contributed by atoms with Crippen molar-refractivity contribution in [3.63, 3.8) is 0 Å². The van der Waals surface area contributed by atoms with E-state index in [2.05, 4.69) is 146 Å². The van der Waals surface area contributed by atoms with Gasteiger partial charge in [0.2, 0.25) is 0 Å². The van der Waals surface area contributed by atoms with Gasteiger partial charge in [0, 0.05) is 33.1 Å². The van der Waals surface area contributed by atoms with Crippen molar-refractivity contribution in [3.05, 3.63) is 131 Å². The zero-order valence-corrected chi connectivity index (χ0v) is 36.9. The first-order valence-electron chi connectivity index (χ1n) is 22.4. The molecule has 0 N–H and O–H groups in total. The third-order valence-corrected chi connectivity index (χ3v) is 17.6. The van der Waals surface area contributed by atoms with Crippen LogP contribution in [0.3, 0.4) is 0 Å². The van der Waals surface area contributed by atoms with Crippen molar-refractivity contribution in [1.29, 1.82) is 0 Å². The Balaban J connectivity index is 1.02. The SMILES string of the molecule is CC1(C)c2cc(-c3cccc4c3nc3sc5ccccc5n34)c(C3CCCC3)cc2Oc2cc(C3CCCC3)c(-c3cccc4c3nc3sc5ccccc5n34)cc2C1(C)C. The Bertz CT molecular complexity index is 3210. The van der Waals surface area contributed by atoms with E-state index in [4.69, 9.17) is 14.7 Å². The first-order valence-corrected chi connectivity index (χ1v) is 24.0. The third kappa shape index (κ3) is 5.11. The minimum absolute atomic E-state index is 0.288. The summed E-state index contributed by atoms with van der Waals surface area (Å²) >= 11 is 3.56. The second-order valence-electron chi connectivity index (χ2n) is 19.1. The minimum atomic E-state index is -0.288. The molecule has 1 aliphatic heterocycles. The van der Waals surface area contributed by atoms with Crippen molar-refractivity contribution >= 4 is 75.1 Å². The van der Waals surface area contributed by atoms with E-state index < -0.39 is 0 Å². The first kappa shape index (κ1) is 36.2. The summed E-state index contributed by atoms with van der Waals surface area (Å²) in [5.74, 6) is 3.00. The average Bonchev–Trinajstić information content (AvgIpc) is 4.13. The van der Waals surface area contributed by atoms with Gasteiger partial charge < -0.3 is 4.74 Å². The molecule has 0 radical (unpaired) electrons. The lowest BCUT2D eigenvalue weighted by atomic mass is 9.60. The molecule has 13 rings (SSSR count). The molecule has 0 unspecified atom stereocenters. The van der Waals surface area contributed by atoms with Crippen LogP contribution in [0.5, 0.6) is 11.5 Å². The normalized spacial score (nSPS) is 17.9. The summed E-state index contributed by atoms with van der Waals surface area (Å²) in [6, 6.07) is 41.0. The highest BCUT2D eigenvalue weighted by atomic mass is 32.1. The van der Waals surface area contributed by atoms with Gasteiger partial charge in [-0.15, -0.1) is 0 Å². The zero-order chi connectivity index (χ0) is 40.8. The molecule has 0 spiro atoms. The summed E-state index contributed by atoms with van der Waals surface area (Å²) in [7, 11) is 0. The monoisotopic (exact) mass is 832 g/mol. The number of hydrogen-bond donors (Lipinski definition) is 0. The van der Waals surface area contributed by atoms with Crippen LogP contribution in [0.25, 0.3) is 74.7 Å². The summed E-state index contributed by atoms with van der Waals surface area (Å²) in [5, 5.41) is 0. The predicted octanol–water partition coefficient (Wildman–Crippen LogP) is 15.7. The van der Waals surface area contributed by atoms with Gasteiger partial charge in [-0.05, 0) is 120 Å². The number of rotatable bonds is 4. The van der Waals surface area contributed by atoms with Crippen LogP contribution in [0.1, 0.15) is 113 Å². The van der Waals surface area contributed by atoms with Crippen molar-refractivity contribution in [2.75, 3.05) is 0 Å². The number of hydrogen-bond acceptors (Lipinski definition) is 5. The van der Waals surface area contributed by atoms with E-state index in [1.807, 2.05) is 0 Å². The van der Waals surface area contributed by atoms with Gasteiger partial charge in [0.25, 0.3) is 0 Å². The highest BCUT2D eigenvalue weighted by Gasteiger charge is 2.47. The molecule has 10 aromatic rings. The van der Waals surface area contributed by atoms with Gasteiger partial charge in [0.1, 0.15) is 11.5 Å². The number of fused-ring (bicyclic) bond motifs is 12. The number of aromatic nitrogens is 4. The maximum atomic E-state index is 7.46. The smallest absolute Gasteiger partial charge is 0.195 e. The molecule has 0 atom stereocenters. The van der Waals surface area contributed by atoms with Gasteiger partial charge in [-0.2, -0.15) is 0 Å². The molecular weight excluding hydrogens is 785 g/mol. The fourth-order valence-corrected chi connectivity index (χ4v) is 13.7. The van der Waals surface area contributed by atoms with Crippen LogP contribution in [0, 0.1) is 0 Å². The summed E-state index contributed by atoms with van der Waals surface area (Å²) in [6.45, 7) is 9.79. The van der Waals surface area contributed by atoms with Crippen LogP contribution in [0.15, 0.2) is 109 Å². The Labute approximate surface area is 363 Å². The summed E-state index contributed by atoms with van der Waals surface area (Å²) in [5.41, 5.74) is 16.8. The van der Waals surface area contributed by atoms with Crippen molar-refractivity contribution in [2.24, 2.45) is 0 Å². The van der Waals surface area contributed by atoms with E-state index in [1.165, 1.54) is 127 Å². The Morgan fingerprint density at radius 3 is 1.34 bits per heavy atom. The Morgan fingerprint density at radius 1 is 0.492 bits per heavy atom. The average molecular weight is 833 g/mol. The van der Waals surface area contributed by atoms with Gasteiger partial charge in [-0.1, -0.05) is 125 Å². The van der Waals surface area contributed by atoms with Crippen molar-refractivity contribution < 1.29 is 4.74 Å². The van der Waals surface area contributed by atoms with Crippen LogP contribution >= 0.6 is 22.7 Å². The lowest BCUT2D eigenvalue weighted by molar-refractivity contribution is 0.306. The number of nitrogens with zero attached hydrogens (tertiary/aromatic N) is 4. The zero-order valence-electron chi connectivity index (χ0n) is 35.2. The molecule has 3 aliphatic rings. The molecule has 5 nitrogen and oxygen atoms in total. The highest BCUT2D eigenvalue weighted by Crippen LogP contribution is 2.58. The topological polar surface area (TPSA) is 43.8 Å². The Hall–Kier alpha value is -5.50. The van der Waals surface area contributed by atoms with E-state index in [0.717, 1.165) is 32.5 Å². The van der Waals surface area contributed by atoms with Crippen molar-refractivity contribution in [1.82, 2.24) is 18.8 Å². The standard InChI is InChI=1S/C54H48N4OS2/c1-53(2)39-27-37(33-19-13-23-43-49(33)55-51-57(43)41-21-9-11-25-47(41)60-51)35(31-15-5-6-16-31)29-45(39)59-46-30-36(32-17-7-8-18-32)38(28-40(46)54(53,3)4)34-20-14-24-44-50(34)56-52-58(44)42-22-10-12-26-48(42)61-52/h9-14,19-32H,5-8,15-18H2,1-4H3. The van der Waals surface area contributed by atoms with Gasteiger partial charge in [0.15, 0.2) is 9.92 Å². The van der Waals surface area contributed by atoms with Gasteiger partial charge in [0.05, 0.1) is 42.5 Å². The Kier molecular flexibility index (Phi) is 7.72. The third-order valence-electron chi connectivity index (χ3n) is 15.5. The van der Waals surface area contributed by atoms with Crippen molar-refractivity contribution in [2.45, 2.75) is 102 Å². The van der Waals surface area contributed by atoms with Gasteiger partial charge >= 0.3 is 0 Å². The fraction of sp³-hybridized carbons (Fsp3) is 0.296. The van der Waals surface area contributed by atoms with E-state index in [9.17, 15) is 0 Å². The maximum absolute atomic E-state index is 7.46. The highest BCUT2D eigenvalue weighted by molar-refractivity contribution is 7.24. The quantitative estimate of drug-likeness (QED) is 0.177. The molecule has 7 heteroatoms. The van der Waals surface area contributed by atoms with E-state index in [0.29, 0.717) is 11.8 Å². The molecule has 0 amide bonds. The van der Waals surface area contributed by atoms with Crippen LogP contribution in [-0.2, 0) is 10.8 Å². The first-order chi connectivity index (χ1) is 29.7. The number of ether oxygens (including phenoxy) is 1. The number of imidazole rings is 2. The molecule has 0 bridgehead atoms. The van der Waals surface area contributed by atoms with Gasteiger partial charge in [-0.25, -0.2) is 9.97 Å². The lowest BCUT2D eigenvalue weighted by Crippen LogP contribution is -2.39. The Morgan fingerprint density at radius 2 is 0.902 bits per heavy atom. The second kappa shape index (κ2) is 13.0. The van der Waals surface area contributed by atoms with Crippen LogP contribution in [0.4, 0.5) is 0 Å². The minimum Gasteiger partial charge on any atom is -0.457 e.